The number of fused-ring (bicyclic) bond motifs is 1. The van der Waals surface area contributed by atoms with Crippen molar-refractivity contribution in [3.63, 3.8) is 0 Å². The van der Waals surface area contributed by atoms with Crippen molar-refractivity contribution in [2.24, 2.45) is 5.92 Å². The second kappa shape index (κ2) is 9.95. The SMILES string of the molecule is O=C(NCc1ccccc1F)C1CCN(c2nc3ccsc3c(=O)n2Cc2ccc(F)cc2)CC1. The summed E-state index contributed by atoms with van der Waals surface area (Å²) >= 11 is 1.35. The Morgan fingerprint density at radius 2 is 1.80 bits per heavy atom. The molecule has 2 aromatic heterocycles. The molecule has 1 amide bonds. The van der Waals surface area contributed by atoms with Gasteiger partial charge in [0, 0.05) is 31.1 Å². The first-order valence-corrected chi connectivity index (χ1v) is 12.4. The average molecular weight is 495 g/mol. The Morgan fingerprint density at radius 1 is 1.06 bits per heavy atom. The van der Waals surface area contributed by atoms with E-state index in [-0.39, 0.29) is 42.1 Å². The fourth-order valence-electron chi connectivity index (χ4n) is 4.40. The van der Waals surface area contributed by atoms with Crippen LogP contribution in [0.1, 0.15) is 24.0 Å². The molecule has 0 unspecified atom stereocenters. The molecule has 0 radical (unpaired) electrons. The fourth-order valence-corrected chi connectivity index (χ4v) is 5.18. The number of aromatic nitrogens is 2. The van der Waals surface area contributed by atoms with Gasteiger partial charge in [0.25, 0.3) is 5.56 Å². The molecule has 0 atom stereocenters. The first-order valence-electron chi connectivity index (χ1n) is 11.5. The Morgan fingerprint density at radius 3 is 2.54 bits per heavy atom. The molecule has 0 saturated carbocycles. The number of hydrogen-bond acceptors (Lipinski definition) is 5. The number of amides is 1. The Balaban J connectivity index is 1.32. The highest BCUT2D eigenvalue weighted by Crippen LogP contribution is 2.25. The monoisotopic (exact) mass is 494 g/mol. The predicted octanol–water partition coefficient (Wildman–Crippen LogP) is 4.32. The van der Waals surface area contributed by atoms with Gasteiger partial charge in [0.1, 0.15) is 16.3 Å². The van der Waals surface area contributed by atoms with Crippen LogP contribution in [0.5, 0.6) is 0 Å². The van der Waals surface area contributed by atoms with Crippen LogP contribution in [0.2, 0.25) is 0 Å². The number of carbonyl (C=O) groups is 1. The number of rotatable bonds is 6. The smallest absolute Gasteiger partial charge is 0.273 e. The van der Waals surface area contributed by atoms with Gasteiger partial charge in [-0.15, -0.1) is 11.3 Å². The number of halogens is 2. The average Bonchev–Trinajstić information content (AvgIpc) is 3.35. The van der Waals surface area contributed by atoms with Crippen molar-refractivity contribution in [2.45, 2.75) is 25.9 Å². The first kappa shape index (κ1) is 23.2. The topological polar surface area (TPSA) is 67.2 Å². The zero-order valence-electron chi connectivity index (χ0n) is 18.9. The van der Waals surface area contributed by atoms with E-state index in [1.54, 1.807) is 34.9 Å². The number of nitrogens with zero attached hydrogens (tertiary/aromatic N) is 3. The number of anilines is 1. The number of nitrogens with one attached hydrogen (secondary N) is 1. The van der Waals surface area contributed by atoms with Crippen molar-refractivity contribution >= 4 is 33.4 Å². The first-order chi connectivity index (χ1) is 17.0. The van der Waals surface area contributed by atoms with Gasteiger partial charge in [-0.05, 0) is 48.1 Å². The van der Waals surface area contributed by atoms with Crippen LogP contribution >= 0.6 is 11.3 Å². The van der Waals surface area contributed by atoms with E-state index in [0.29, 0.717) is 47.7 Å². The minimum absolute atomic E-state index is 0.0992. The highest BCUT2D eigenvalue weighted by atomic mass is 32.1. The van der Waals surface area contributed by atoms with Crippen molar-refractivity contribution in [1.82, 2.24) is 14.9 Å². The molecular weight excluding hydrogens is 470 g/mol. The third kappa shape index (κ3) is 4.95. The zero-order chi connectivity index (χ0) is 24.4. The largest absolute Gasteiger partial charge is 0.352 e. The molecule has 9 heteroatoms. The van der Waals surface area contributed by atoms with E-state index in [2.05, 4.69) is 5.32 Å². The van der Waals surface area contributed by atoms with Crippen molar-refractivity contribution in [3.05, 3.63) is 93.1 Å². The minimum atomic E-state index is -0.336. The van der Waals surface area contributed by atoms with Crippen LogP contribution in [-0.2, 0) is 17.9 Å². The highest BCUT2D eigenvalue weighted by Gasteiger charge is 2.28. The minimum Gasteiger partial charge on any atom is -0.352 e. The summed E-state index contributed by atoms with van der Waals surface area (Å²) < 4.78 is 29.4. The van der Waals surface area contributed by atoms with E-state index in [9.17, 15) is 18.4 Å². The van der Waals surface area contributed by atoms with Crippen molar-refractivity contribution in [1.29, 1.82) is 0 Å². The molecule has 1 saturated heterocycles. The standard InChI is InChI=1S/C26H24F2N4O2S/c27-20-7-5-17(6-8-20)16-32-25(34)23-22(11-14-35-23)30-26(32)31-12-9-18(10-13-31)24(33)29-15-19-3-1-2-4-21(19)28/h1-8,11,14,18H,9-10,12-13,15-16H2,(H,29,33). The second-order valence-electron chi connectivity index (χ2n) is 8.64. The molecule has 5 rings (SSSR count). The number of thiophene rings is 1. The van der Waals surface area contributed by atoms with Gasteiger partial charge in [0.15, 0.2) is 0 Å². The quantitative estimate of drug-likeness (QED) is 0.434. The molecule has 2 aromatic carbocycles. The maximum Gasteiger partial charge on any atom is 0.273 e. The van der Waals surface area contributed by atoms with Gasteiger partial charge < -0.3 is 10.2 Å². The summed E-state index contributed by atoms with van der Waals surface area (Å²) in [5.41, 5.74) is 1.77. The third-order valence-corrected chi connectivity index (χ3v) is 7.25. The van der Waals surface area contributed by atoms with E-state index < -0.39 is 0 Å². The van der Waals surface area contributed by atoms with Crippen LogP contribution in [0.25, 0.3) is 10.2 Å². The van der Waals surface area contributed by atoms with E-state index >= 15 is 0 Å². The van der Waals surface area contributed by atoms with Crippen LogP contribution in [0.4, 0.5) is 14.7 Å². The summed E-state index contributed by atoms with van der Waals surface area (Å²) in [5.74, 6) is -0.409. The van der Waals surface area contributed by atoms with Crippen molar-refractivity contribution in [3.8, 4) is 0 Å². The zero-order valence-corrected chi connectivity index (χ0v) is 19.7. The van der Waals surface area contributed by atoms with Crippen LogP contribution in [-0.4, -0.2) is 28.5 Å². The molecule has 35 heavy (non-hydrogen) atoms. The lowest BCUT2D eigenvalue weighted by Gasteiger charge is -2.33. The lowest BCUT2D eigenvalue weighted by atomic mass is 9.96. The number of hydrogen-bond donors (Lipinski definition) is 1. The summed E-state index contributed by atoms with van der Waals surface area (Å²) in [4.78, 5) is 32.8. The summed E-state index contributed by atoms with van der Waals surface area (Å²) in [6.45, 7) is 1.55. The van der Waals surface area contributed by atoms with Gasteiger partial charge in [-0.3, -0.25) is 14.2 Å². The summed E-state index contributed by atoms with van der Waals surface area (Å²) in [5, 5.41) is 4.69. The predicted molar refractivity (Wildman–Crippen MR) is 133 cm³/mol. The van der Waals surface area contributed by atoms with Crippen LogP contribution in [0.15, 0.2) is 64.8 Å². The van der Waals surface area contributed by atoms with Gasteiger partial charge >= 0.3 is 0 Å². The Labute approximate surface area is 204 Å². The van der Waals surface area contributed by atoms with E-state index in [4.69, 9.17) is 4.98 Å². The van der Waals surface area contributed by atoms with Crippen molar-refractivity contribution in [2.75, 3.05) is 18.0 Å². The molecule has 1 aliphatic rings. The molecule has 0 spiro atoms. The van der Waals surface area contributed by atoms with Gasteiger partial charge in [-0.1, -0.05) is 30.3 Å². The molecular formula is C26H24F2N4O2S. The number of carbonyl (C=O) groups excluding carboxylic acids is 1. The van der Waals surface area contributed by atoms with Crippen LogP contribution in [0, 0.1) is 17.6 Å². The lowest BCUT2D eigenvalue weighted by molar-refractivity contribution is -0.125. The maximum atomic E-state index is 13.8. The molecule has 3 heterocycles. The van der Waals surface area contributed by atoms with E-state index in [1.807, 2.05) is 16.3 Å². The van der Waals surface area contributed by atoms with Gasteiger partial charge in [-0.2, -0.15) is 0 Å². The highest BCUT2D eigenvalue weighted by molar-refractivity contribution is 7.17. The van der Waals surface area contributed by atoms with Gasteiger partial charge in [0.2, 0.25) is 11.9 Å². The lowest BCUT2D eigenvalue weighted by Crippen LogP contribution is -2.42. The molecule has 0 aliphatic carbocycles. The van der Waals surface area contributed by atoms with Crippen molar-refractivity contribution < 1.29 is 13.6 Å². The fraction of sp³-hybridized carbons (Fsp3) is 0.269. The Hall–Kier alpha value is -3.59. The summed E-state index contributed by atoms with van der Waals surface area (Å²) in [6, 6.07) is 14.3. The van der Waals surface area contributed by atoms with Gasteiger partial charge in [-0.25, -0.2) is 13.8 Å². The Bertz CT molecular complexity index is 1410. The second-order valence-corrected chi connectivity index (χ2v) is 9.55. The maximum absolute atomic E-state index is 13.8. The van der Waals surface area contributed by atoms with E-state index in [0.717, 1.165) is 5.56 Å². The molecule has 1 fully saturated rings. The summed E-state index contributed by atoms with van der Waals surface area (Å²) in [6.07, 6.45) is 1.19. The third-order valence-electron chi connectivity index (χ3n) is 6.36. The molecule has 180 valence electrons. The number of benzene rings is 2. The Kier molecular flexibility index (Phi) is 6.59. The molecule has 6 nitrogen and oxygen atoms in total. The molecule has 1 aliphatic heterocycles. The van der Waals surface area contributed by atoms with E-state index in [1.165, 1.54) is 29.5 Å². The van der Waals surface area contributed by atoms with Crippen LogP contribution in [0.3, 0.4) is 0 Å². The molecule has 1 N–H and O–H groups in total. The molecule has 0 bridgehead atoms. The van der Waals surface area contributed by atoms with Gasteiger partial charge in [0.05, 0.1) is 12.1 Å². The normalized spacial score (nSPS) is 14.4. The summed E-state index contributed by atoms with van der Waals surface area (Å²) in [7, 11) is 0. The van der Waals surface area contributed by atoms with Crippen LogP contribution < -0.4 is 15.8 Å². The number of piperidine rings is 1. The molecule has 4 aromatic rings.